The number of nitrogens with zero attached hydrogens (tertiary/aromatic N) is 1. The fraction of sp³-hybridized carbons (Fsp3) is 0.944. The summed E-state index contributed by atoms with van der Waals surface area (Å²) in [6, 6.07) is 0. The predicted octanol–water partition coefficient (Wildman–Crippen LogP) is 3.17. The lowest BCUT2D eigenvalue weighted by atomic mass is 10.1. The maximum absolute atomic E-state index is 9.76. The van der Waals surface area contributed by atoms with Gasteiger partial charge in [0.25, 0.3) is 0 Å². The van der Waals surface area contributed by atoms with Gasteiger partial charge in [0.15, 0.2) is 0 Å². The molecule has 0 saturated carbocycles. The van der Waals surface area contributed by atoms with Gasteiger partial charge in [-0.25, -0.2) is 0 Å². The van der Waals surface area contributed by atoms with Crippen molar-refractivity contribution in [3.8, 4) is 0 Å². The highest BCUT2D eigenvalue weighted by atomic mass is 16.6. The number of hydrogen-bond donors (Lipinski definition) is 1. The molecule has 0 aliphatic rings. The van der Waals surface area contributed by atoms with Crippen LogP contribution >= 0.6 is 0 Å². The van der Waals surface area contributed by atoms with Crippen molar-refractivity contribution in [3.05, 3.63) is 0 Å². The number of hydrogen-bond acceptors (Lipinski definition) is 6. The molecular weight excluding hydrogens is 310 g/mol. The van der Waals surface area contributed by atoms with Gasteiger partial charge in [-0.05, 0) is 19.3 Å². The Balaban J connectivity index is 4.96. The third-order valence-electron chi connectivity index (χ3n) is 3.63. The monoisotopic (exact) mass is 347 g/mol. The molecule has 0 radical (unpaired) electrons. The molecule has 0 fully saturated rings. The van der Waals surface area contributed by atoms with E-state index in [1.54, 1.807) is 6.21 Å². The Morgan fingerprint density at radius 3 is 1.92 bits per heavy atom. The van der Waals surface area contributed by atoms with Gasteiger partial charge in [0, 0.05) is 19.8 Å². The summed E-state index contributed by atoms with van der Waals surface area (Å²) in [4.78, 5) is 4.80. The maximum Gasteiger partial charge on any atom is 0.125 e. The number of aliphatic hydroxyl groups excluding tert-OH is 1. The van der Waals surface area contributed by atoms with Gasteiger partial charge in [0.1, 0.15) is 25.4 Å². The Hall–Kier alpha value is -0.690. The average Bonchev–Trinajstić information content (AvgIpc) is 2.60. The summed E-state index contributed by atoms with van der Waals surface area (Å²) in [5, 5.41) is 13.6. The summed E-state index contributed by atoms with van der Waals surface area (Å²) < 4.78 is 17.8. The second-order valence-electron chi connectivity index (χ2n) is 5.76. The topological polar surface area (TPSA) is 69.5 Å². The van der Waals surface area contributed by atoms with Crippen LogP contribution in [0.5, 0.6) is 0 Å². The molecule has 0 saturated heterocycles. The van der Waals surface area contributed by atoms with E-state index in [4.69, 9.17) is 19.0 Å². The van der Waals surface area contributed by atoms with Crippen LogP contribution in [-0.4, -0.2) is 63.2 Å². The summed E-state index contributed by atoms with van der Waals surface area (Å²) in [5.74, 6) is 0. The lowest BCUT2D eigenvalue weighted by Gasteiger charge is -2.31. The van der Waals surface area contributed by atoms with E-state index in [1.165, 1.54) is 7.11 Å². The summed E-state index contributed by atoms with van der Waals surface area (Å²) in [5.41, 5.74) is 0. The first-order valence-electron chi connectivity index (χ1n) is 9.27. The van der Waals surface area contributed by atoms with Crippen LogP contribution in [0.1, 0.15) is 59.3 Å². The van der Waals surface area contributed by atoms with Crippen molar-refractivity contribution in [1.29, 1.82) is 0 Å². The smallest absolute Gasteiger partial charge is 0.125 e. The fourth-order valence-electron chi connectivity index (χ4n) is 2.12. The minimum atomic E-state index is -0.441. The average molecular weight is 347 g/mol. The van der Waals surface area contributed by atoms with Crippen LogP contribution in [0.25, 0.3) is 0 Å². The van der Waals surface area contributed by atoms with Crippen molar-refractivity contribution in [2.24, 2.45) is 5.16 Å². The molecule has 0 aliphatic carbocycles. The van der Waals surface area contributed by atoms with Gasteiger partial charge in [-0.15, -0.1) is 0 Å². The minimum absolute atomic E-state index is 0.116. The first-order chi connectivity index (χ1) is 11.7. The molecule has 0 aromatic heterocycles. The zero-order chi connectivity index (χ0) is 18.0. The van der Waals surface area contributed by atoms with Crippen LogP contribution in [0.2, 0.25) is 0 Å². The molecule has 0 bridgehead atoms. The Morgan fingerprint density at radius 2 is 1.42 bits per heavy atom. The van der Waals surface area contributed by atoms with Gasteiger partial charge in [0.2, 0.25) is 0 Å². The maximum atomic E-state index is 9.76. The molecule has 0 heterocycles. The third-order valence-corrected chi connectivity index (χ3v) is 3.63. The zero-order valence-electron chi connectivity index (χ0n) is 15.9. The number of unbranched alkanes of at least 4 members (excludes halogenated alkanes) is 3. The first kappa shape index (κ1) is 23.3. The Bertz CT molecular complexity index is 289. The van der Waals surface area contributed by atoms with Crippen LogP contribution in [0.3, 0.4) is 0 Å². The van der Waals surface area contributed by atoms with E-state index < -0.39 is 18.3 Å². The molecule has 0 aliphatic heterocycles. The van der Waals surface area contributed by atoms with Gasteiger partial charge in [-0.1, -0.05) is 45.2 Å². The molecule has 0 spiro atoms. The van der Waals surface area contributed by atoms with E-state index in [2.05, 4.69) is 25.9 Å². The summed E-state index contributed by atoms with van der Waals surface area (Å²) in [6.07, 6.45) is 6.33. The van der Waals surface area contributed by atoms with Crippen molar-refractivity contribution in [2.45, 2.75) is 77.6 Å². The normalized spacial score (nSPS) is 15.5. The molecule has 0 amide bonds. The lowest BCUT2D eigenvalue weighted by Crippen LogP contribution is -2.46. The number of aliphatic hydroxyl groups is 1. The van der Waals surface area contributed by atoms with Crippen molar-refractivity contribution in [2.75, 3.05) is 33.5 Å². The SMILES string of the molecule is CCCCO[C@H]([C@H](/C=N/OC)OCCCC)[C@@H](CO)OCCCC. The van der Waals surface area contributed by atoms with Crippen LogP contribution in [0.15, 0.2) is 5.16 Å². The molecule has 0 aromatic rings. The van der Waals surface area contributed by atoms with Gasteiger partial charge >= 0.3 is 0 Å². The van der Waals surface area contributed by atoms with Gasteiger partial charge in [-0.3, -0.25) is 0 Å². The van der Waals surface area contributed by atoms with E-state index in [1.807, 2.05) is 0 Å². The third kappa shape index (κ3) is 11.0. The van der Waals surface area contributed by atoms with Crippen LogP contribution in [-0.2, 0) is 19.0 Å². The largest absolute Gasteiger partial charge is 0.399 e. The molecule has 24 heavy (non-hydrogen) atoms. The summed E-state index contributed by atoms with van der Waals surface area (Å²) in [7, 11) is 1.49. The zero-order valence-corrected chi connectivity index (χ0v) is 15.9. The molecule has 1 N–H and O–H groups in total. The molecule has 6 nitrogen and oxygen atoms in total. The Labute approximate surface area is 147 Å². The van der Waals surface area contributed by atoms with Crippen molar-refractivity contribution < 1.29 is 24.2 Å². The second kappa shape index (κ2) is 17.1. The van der Waals surface area contributed by atoms with E-state index in [9.17, 15) is 5.11 Å². The second-order valence-corrected chi connectivity index (χ2v) is 5.76. The quantitative estimate of drug-likeness (QED) is 0.249. The van der Waals surface area contributed by atoms with E-state index in [0.717, 1.165) is 38.5 Å². The Kier molecular flexibility index (Phi) is 16.7. The highest BCUT2D eigenvalue weighted by Crippen LogP contribution is 2.14. The highest BCUT2D eigenvalue weighted by Gasteiger charge is 2.31. The van der Waals surface area contributed by atoms with Crippen LogP contribution < -0.4 is 0 Å². The molecular formula is C18H37NO5. The van der Waals surface area contributed by atoms with Gasteiger partial charge in [0.05, 0.1) is 12.8 Å². The van der Waals surface area contributed by atoms with E-state index in [0.29, 0.717) is 19.8 Å². The van der Waals surface area contributed by atoms with Gasteiger partial charge in [-0.2, -0.15) is 0 Å². The summed E-state index contributed by atoms with van der Waals surface area (Å²) in [6.45, 7) is 8.02. The van der Waals surface area contributed by atoms with Gasteiger partial charge < -0.3 is 24.2 Å². The van der Waals surface area contributed by atoms with Crippen LogP contribution in [0.4, 0.5) is 0 Å². The fourth-order valence-corrected chi connectivity index (χ4v) is 2.12. The standard InChI is InChI=1S/C18H37NO5/c1-5-8-11-22-16(14-19-21-4)18(24-13-10-7-3)17(15-20)23-12-9-6-2/h14,16-18,20H,5-13,15H2,1-4H3/b19-14+/t16-,17+,18+/m0/s1. The predicted molar refractivity (Wildman–Crippen MR) is 96.5 cm³/mol. The first-order valence-corrected chi connectivity index (χ1v) is 9.27. The van der Waals surface area contributed by atoms with Crippen LogP contribution in [0, 0.1) is 0 Å². The number of rotatable bonds is 17. The summed E-state index contributed by atoms with van der Waals surface area (Å²) >= 11 is 0. The van der Waals surface area contributed by atoms with E-state index >= 15 is 0 Å². The Morgan fingerprint density at radius 1 is 0.875 bits per heavy atom. The number of ether oxygens (including phenoxy) is 3. The van der Waals surface area contributed by atoms with Crippen molar-refractivity contribution in [3.63, 3.8) is 0 Å². The van der Waals surface area contributed by atoms with Crippen molar-refractivity contribution >= 4 is 6.21 Å². The molecule has 0 rings (SSSR count). The minimum Gasteiger partial charge on any atom is -0.399 e. The van der Waals surface area contributed by atoms with E-state index in [-0.39, 0.29) is 6.61 Å². The van der Waals surface area contributed by atoms with Crippen molar-refractivity contribution in [1.82, 2.24) is 0 Å². The molecule has 0 aromatic carbocycles. The highest BCUT2D eigenvalue weighted by molar-refractivity contribution is 5.63. The molecule has 0 unspecified atom stereocenters. The molecule has 6 heteroatoms. The number of oxime groups is 1. The molecule has 144 valence electrons. The molecule has 3 atom stereocenters. The lowest BCUT2D eigenvalue weighted by molar-refractivity contribution is -0.133.